The summed E-state index contributed by atoms with van der Waals surface area (Å²) in [6.45, 7) is 4.12. The van der Waals surface area contributed by atoms with Gasteiger partial charge in [0.15, 0.2) is 0 Å². The zero-order valence-electron chi connectivity index (χ0n) is 12.0. The highest BCUT2D eigenvalue weighted by Gasteiger charge is 2.13. The third-order valence-corrected chi connectivity index (χ3v) is 3.79. The van der Waals surface area contributed by atoms with Crippen LogP contribution in [-0.4, -0.2) is 14.5 Å². The fourth-order valence-electron chi connectivity index (χ4n) is 2.84. The van der Waals surface area contributed by atoms with Crippen LogP contribution in [0, 0.1) is 13.8 Å². The van der Waals surface area contributed by atoms with Crippen LogP contribution in [0.1, 0.15) is 11.3 Å². The lowest BCUT2D eigenvalue weighted by molar-refractivity contribution is 1.03. The molecule has 0 atom stereocenters. The molecule has 1 aromatic carbocycles. The molecule has 4 rings (SSSR count). The van der Waals surface area contributed by atoms with E-state index >= 15 is 0 Å². The molecule has 0 unspecified atom stereocenters. The highest BCUT2D eigenvalue weighted by molar-refractivity contribution is 6.07. The van der Waals surface area contributed by atoms with E-state index in [0.717, 1.165) is 28.1 Å². The Morgan fingerprint density at radius 2 is 1.81 bits per heavy atom. The maximum Gasteiger partial charge on any atom is 0.146 e. The Bertz CT molecular complexity index is 967. The van der Waals surface area contributed by atoms with Crippen molar-refractivity contribution in [2.45, 2.75) is 13.8 Å². The normalized spacial score (nSPS) is 11.3. The topological polar surface area (TPSA) is 30.7 Å². The van der Waals surface area contributed by atoms with Crippen LogP contribution < -0.4 is 0 Å². The van der Waals surface area contributed by atoms with Crippen LogP contribution in [0.15, 0.2) is 54.7 Å². The molecule has 0 spiro atoms. The zero-order chi connectivity index (χ0) is 14.4. The van der Waals surface area contributed by atoms with Crippen molar-refractivity contribution in [3.05, 3.63) is 66.0 Å². The van der Waals surface area contributed by atoms with Gasteiger partial charge in [-0.1, -0.05) is 18.2 Å². The number of aryl methyl sites for hydroxylation is 2. The molecular formula is C18H15N3. The van der Waals surface area contributed by atoms with Crippen LogP contribution in [0.25, 0.3) is 27.8 Å². The van der Waals surface area contributed by atoms with E-state index in [-0.39, 0.29) is 0 Å². The van der Waals surface area contributed by atoms with Crippen molar-refractivity contribution < 1.29 is 0 Å². The van der Waals surface area contributed by atoms with Crippen molar-refractivity contribution >= 4 is 21.9 Å². The quantitative estimate of drug-likeness (QED) is 0.520. The number of benzene rings is 1. The molecule has 0 amide bonds. The Kier molecular flexibility index (Phi) is 2.54. The molecule has 0 N–H and O–H groups in total. The summed E-state index contributed by atoms with van der Waals surface area (Å²) >= 11 is 0. The van der Waals surface area contributed by atoms with Crippen LogP contribution >= 0.6 is 0 Å². The van der Waals surface area contributed by atoms with Crippen molar-refractivity contribution in [3.8, 4) is 5.82 Å². The van der Waals surface area contributed by atoms with E-state index in [1.54, 1.807) is 0 Å². The van der Waals surface area contributed by atoms with Gasteiger partial charge in [0.2, 0.25) is 0 Å². The van der Waals surface area contributed by atoms with E-state index in [9.17, 15) is 0 Å². The van der Waals surface area contributed by atoms with Gasteiger partial charge in [0.05, 0.1) is 5.52 Å². The zero-order valence-corrected chi connectivity index (χ0v) is 12.0. The van der Waals surface area contributed by atoms with E-state index < -0.39 is 0 Å². The third-order valence-electron chi connectivity index (χ3n) is 3.79. The lowest BCUT2D eigenvalue weighted by atomic mass is 10.1. The van der Waals surface area contributed by atoms with Crippen molar-refractivity contribution in [2.75, 3.05) is 0 Å². The number of hydrogen-bond acceptors (Lipinski definition) is 2. The predicted molar refractivity (Wildman–Crippen MR) is 85.8 cm³/mol. The van der Waals surface area contributed by atoms with Crippen molar-refractivity contribution in [2.24, 2.45) is 0 Å². The number of aromatic nitrogens is 3. The number of rotatable bonds is 1. The average molecular weight is 273 g/mol. The Labute approximate surface area is 122 Å². The van der Waals surface area contributed by atoms with Crippen molar-refractivity contribution in [1.29, 1.82) is 0 Å². The highest BCUT2D eigenvalue weighted by atomic mass is 15.1. The molecule has 3 aromatic heterocycles. The van der Waals surface area contributed by atoms with Crippen LogP contribution in [0.4, 0.5) is 0 Å². The summed E-state index contributed by atoms with van der Waals surface area (Å²) < 4.78 is 2.14. The van der Waals surface area contributed by atoms with Gasteiger partial charge < -0.3 is 0 Å². The van der Waals surface area contributed by atoms with Gasteiger partial charge in [-0.25, -0.2) is 9.97 Å². The molecule has 0 saturated heterocycles. The van der Waals surface area contributed by atoms with Crippen LogP contribution in [0.3, 0.4) is 0 Å². The monoisotopic (exact) mass is 273 g/mol. The minimum absolute atomic E-state index is 0.916. The summed E-state index contributed by atoms with van der Waals surface area (Å²) in [6, 6.07) is 16.7. The molecule has 0 aliphatic heterocycles. The van der Waals surface area contributed by atoms with Crippen LogP contribution in [0.2, 0.25) is 0 Å². The molecule has 3 heteroatoms. The molecule has 0 aliphatic carbocycles. The average Bonchev–Trinajstić information content (AvgIpc) is 2.80. The Balaban J connectivity index is 2.21. The summed E-state index contributed by atoms with van der Waals surface area (Å²) in [6.07, 6.45) is 1.83. The first kappa shape index (κ1) is 12.1. The molecule has 0 saturated carbocycles. The molecule has 102 valence electrons. The molecule has 0 bridgehead atoms. The predicted octanol–water partition coefficient (Wildman–Crippen LogP) is 4.19. The first-order chi connectivity index (χ1) is 10.2. The first-order valence-corrected chi connectivity index (χ1v) is 7.04. The first-order valence-electron chi connectivity index (χ1n) is 7.04. The van der Waals surface area contributed by atoms with Crippen LogP contribution in [0.5, 0.6) is 0 Å². The van der Waals surface area contributed by atoms with Gasteiger partial charge in [-0.05, 0) is 49.7 Å². The smallest absolute Gasteiger partial charge is 0.146 e. The maximum absolute atomic E-state index is 4.67. The summed E-state index contributed by atoms with van der Waals surface area (Å²) in [5.74, 6) is 0.916. The SMILES string of the molecule is Cc1ccc2c3cccnc3n(-c3cccc(C)n3)c2c1. The largest absolute Gasteiger partial charge is 0.278 e. The third kappa shape index (κ3) is 1.82. The standard InChI is InChI=1S/C18H15N3/c1-12-8-9-14-15-6-4-10-19-18(15)21(16(14)11-12)17-7-3-5-13(2)20-17/h3-11H,1-2H3. The van der Waals surface area contributed by atoms with Gasteiger partial charge >= 0.3 is 0 Å². The van der Waals surface area contributed by atoms with E-state index in [1.807, 2.05) is 37.4 Å². The number of nitrogens with zero attached hydrogens (tertiary/aromatic N) is 3. The Hall–Kier alpha value is -2.68. The van der Waals surface area contributed by atoms with Gasteiger partial charge in [0.1, 0.15) is 11.5 Å². The second-order valence-electron chi connectivity index (χ2n) is 5.37. The molecule has 0 fully saturated rings. The molecular weight excluding hydrogens is 258 g/mol. The van der Waals surface area contributed by atoms with Crippen molar-refractivity contribution in [1.82, 2.24) is 14.5 Å². The van der Waals surface area contributed by atoms with Crippen LogP contribution in [-0.2, 0) is 0 Å². The molecule has 3 heterocycles. The fraction of sp³-hybridized carbons (Fsp3) is 0.111. The number of fused-ring (bicyclic) bond motifs is 3. The minimum atomic E-state index is 0.916. The minimum Gasteiger partial charge on any atom is -0.278 e. The number of pyridine rings is 2. The molecule has 0 radical (unpaired) electrons. The van der Waals surface area contributed by atoms with Gasteiger partial charge in [0.25, 0.3) is 0 Å². The maximum atomic E-state index is 4.67. The van der Waals surface area contributed by atoms with Crippen molar-refractivity contribution in [3.63, 3.8) is 0 Å². The molecule has 3 nitrogen and oxygen atoms in total. The summed E-state index contributed by atoms with van der Waals surface area (Å²) in [4.78, 5) is 9.25. The molecule has 4 aromatic rings. The fourth-order valence-corrected chi connectivity index (χ4v) is 2.84. The van der Waals surface area contributed by atoms with Gasteiger partial charge in [0, 0.05) is 22.7 Å². The molecule has 21 heavy (non-hydrogen) atoms. The Morgan fingerprint density at radius 3 is 2.67 bits per heavy atom. The van der Waals surface area contributed by atoms with E-state index in [4.69, 9.17) is 0 Å². The second kappa shape index (κ2) is 4.42. The van der Waals surface area contributed by atoms with E-state index in [2.05, 4.69) is 45.7 Å². The molecule has 0 aliphatic rings. The lowest BCUT2D eigenvalue weighted by Crippen LogP contribution is -1.99. The summed E-state index contributed by atoms with van der Waals surface area (Å²) in [5.41, 5.74) is 4.35. The highest BCUT2D eigenvalue weighted by Crippen LogP contribution is 2.30. The second-order valence-corrected chi connectivity index (χ2v) is 5.37. The lowest BCUT2D eigenvalue weighted by Gasteiger charge is -2.06. The van der Waals surface area contributed by atoms with Gasteiger partial charge in [-0.2, -0.15) is 0 Å². The van der Waals surface area contributed by atoms with Gasteiger partial charge in [-0.15, -0.1) is 0 Å². The van der Waals surface area contributed by atoms with Gasteiger partial charge in [-0.3, -0.25) is 4.57 Å². The van der Waals surface area contributed by atoms with E-state index in [1.165, 1.54) is 10.9 Å². The number of hydrogen-bond donors (Lipinski definition) is 0. The summed E-state index contributed by atoms with van der Waals surface area (Å²) in [7, 11) is 0. The summed E-state index contributed by atoms with van der Waals surface area (Å²) in [5, 5.41) is 2.38. The van der Waals surface area contributed by atoms with E-state index in [0.29, 0.717) is 0 Å². The Morgan fingerprint density at radius 1 is 0.905 bits per heavy atom.